The number of carbonyl (C=O) groups excluding carboxylic acids is 3. The number of nitrogens with two attached hydrogens (primary N) is 3. The molecule has 39 heavy (non-hydrogen) atoms. The molecule has 0 radical (unpaired) electrons. The van der Waals surface area contributed by atoms with Crippen molar-refractivity contribution in [1.29, 1.82) is 0 Å². The van der Waals surface area contributed by atoms with Gasteiger partial charge in [0.2, 0.25) is 17.7 Å². The molecule has 12 N–H and O–H groups in total. The van der Waals surface area contributed by atoms with E-state index in [4.69, 9.17) is 17.2 Å². The van der Waals surface area contributed by atoms with E-state index in [0.29, 0.717) is 0 Å². The molecule has 0 aliphatic carbocycles. The Labute approximate surface area is 230 Å². The number of carboxylic acid groups (broad SMARTS) is 1. The molecule has 14 nitrogen and oxygen atoms in total. The van der Waals surface area contributed by atoms with E-state index >= 15 is 0 Å². The number of aromatic nitrogens is 1. The van der Waals surface area contributed by atoms with Gasteiger partial charge in [-0.1, -0.05) is 18.2 Å². The van der Waals surface area contributed by atoms with E-state index in [2.05, 4.69) is 38.6 Å². The maximum absolute atomic E-state index is 13.1. The fourth-order valence-electron chi connectivity index (χ4n) is 3.79. The molecular weight excluding hydrogens is 528 g/mol. The molecule has 5 atom stereocenters. The van der Waals surface area contributed by atoms with Gasteiger partial charge in [0.25, 0.3) is 0 Å². The molecule has 2 rings (SSSR count). The van der Waals surface area contributed by atoms with Crippen LogP contribution in [-0.4, -0.2) is 87.4 Å². The van der Waals surface area contributed by atoms with Crippen LogP contribution in [0.1, 0.15) is 25.3 Å². The molecule has 0 aliphatic heterocycles. The fraction of sp³-hybridized carbons (Fsp3) is 0.458. The maximum Gasteiger partial charge on any atom is 0.327 e. The van der Waals surface area contributed by atoms with E-state index in [0.717, 1.165) is 16.5 Å². The van der Waals surface area contributed by atoms with Gasteiger partial charge in [-0.2, -0.15) is 12.6 Å². The summed E-state index contributed by atoms with van der Waals surface area (Å²) in [4.78, 5) is 57.0. The standard InChI is InChI=1S/C24H36N8O6S/c1-12(33)19(32-20(34)15(25)9-13-10-29-16-6-3-2-5-14(13)16)22(36)30-17(7-4-8-28-24(26)27)21(35)31-18(11-39)23(37)38/h2-3,5-6,10,12,15,17-19,29,33,39H,4,7-9,11,25H2,1H3,(H,30,36)(H,31,35)(H,32,34)(H,37,38)(H4,26,27,28). The molecule has 0 spiro atoms. The number of carbonyl (C=O) groups is 4. The summed E-state index contributed by atoms with van der Waals surface area (Å²) in [6.45, 7) is 1.45. The molecule has 1 aromatic heterocycles. The normalized spacial score (nSPS) is 14.9. The van der Waals surface area contributed by atoms with E-state index in [1.54, 1.807) is 6.20 Å². The minimum atomic E-state index is -1.44. The van der Waals surface area contributed by atoms with Gasteiger partial charge in [-0.3, -0.25) is 19.4 Å². The van der Waals surface area contributed by atoms with Crippen LogP contribution in [0.4, 0.5) is 0 Å². The number of aromatic amines is 1. The van der Waals surface area contributed by atoms with E-state index in [9.17, 15) is 29.4 Å². The summed E-state index contributed by atoms with van der Waals surface area (Å²) < 4.78 is 0. The van der Waals surface area contributed by atoms with Crippen LogP contribution in [0.2, 0.25) is 0 Å². The number of aliphatic hydroxyl groups excluding tert-OH is 1. The number of benzene rings is 1. The fourth-order valence-corrected chi connectivity index (χ4v) is 4.03. The molecule has 5 unspecified atom stereocenters. The van der Waals surface area contributed by atoms with Crippen LogP contribution >= 0.6 is 12.6 Å². The number of thiol groups is 1. The number of fused-ring (bicyclic) bond motifs is 1. The third kappa shape index (κ3) is 9.46. The number of carboxylic acids is 1. The molecule has 0 saturated heterocycles. The molecule has 0 saturated carbocycles. The number of nitrogens with one attached hydrogen (secondary N) is 4. The highest BCUT2D eigenvalue weighted by atomic mass is 32.1. The number of hydrogen-bond acceptors (Lipinski definition) is 8. The minimum Gasteiger partial charge on any atom is -0.480 e. The van der Waals surface area contributed by atoms with Crippen molar-refractivity contribution in [3.8, 4) is 0 Å². The highest BCUT2D eigenvalue weighted by Crippen LogP contribution is 2.18. The monoisotopic (exact) mass is 564 g/mol. The zero-order valence-electron chi connectivity index (χ0n) is 21.5. The van der Waals surface area contributed by atoms with Gasteiger partial charge in [-0.15, -0.1) is 0 Å². The van der Waals surface area contributed by atoms with Crippen LogP contribution in [0.25, 0.3) is 10.9 Å². The van der Waals surface area contributed by atoms with Crippen LogP contribution in [0.5, 0.6) is 0 Å². The van der Waals surface area contributed by atoms with Crippen molar-refractivity contribution in [2.24, 2.45) is 22.2 Å². The molecular formula is C24H36N8O6S. The molecule has 0 aliphatic rings. The Hall–Kier alpha value is -3.82. The highest BCUT2D eigenvalue weighted by Gasteiger charge is 2.32. The van der Waals surface area contributed by atoms with Crippen LogP contribution in [0, 0.1) is 0 Å². The first kappa shape index (κ1) is 31.4. The predicted octanol–water partition coefficient (Wildman–Crippen LogP) is -2.06. The SMILES string of the molecule is CC(O)C(NC(=O)C(N)Cc1c[nH]c2ccccc12)C(=O)NC(CCCN=C(N)N)C(=O)NC(CS)C(=O)O. The van der Waals surface area contributed by atoms with Gasteiger partial charge in [0.1, 0.15) is 18.1 Å². The summed E-state index contributed by atoms with van der Waals surface area (Å²) in [6.07, 6.45) is 0.866. The van der Waals surface area contributed by atoms with Gasteiger partial charge in [-0.25, -0.2) is 4.79 Å². The molecule has 2 aromatic rings. The van der Waals surface area contributed by atoms with Crippen molar-refractivity contribution in [1.82, 2.24) is 20.9 Å². The van der Waals surface area contributed by atoms with Crippen molar-refractivity contribution in [3.63, 3.8) is 0 Å². The van der Waals surface area contributed by atoms with Crippen molar-refractivity contribution >= 4 is 53.2 Å². The summed E-state index contributed by atoms with van der Waals surface area (Å²) in [5.74, 6) is -3.98. The third-order valence-corrected chi connectivity index (χ3v) is 6.25. The first-order chi connectivity index (χ1) is 18.4. The summed E-state index contributed by atoms with van der Waals surface area (Å²) in [7, 11) is 0. The van der Waals surface area contributed by atoms with Gasteiger partial charge in [-0.05, 0) is 37.8 Å². The minimum absolute atomic E-state index is 0.0355. The molecule has 1 aromatic carbocycles. The highest BCUT2D eigenvalue weighted by molar-refractivity contribution is 7.80. The second kappa shape index (κ2) is 14.9. The summed E-state index contributed by atoms with van der Waals surface area (Å²) in [5.41, 5.74) is 18.4. The summed E-state index contributed by atoms with van der Waals surface area (Å²) in [5, 5.41) is 27.6. The first-order valence-corrected chi connectivity index (χ1v) is 12.9. The van der Waals surface area contributed by atoms with E-state index in [1.807, 2.05) is 24.3 Å². The van der Waals surface area contributed by atoms with Crippen molar-refractivity contribution in [3.05, 3.63) is 36.0 Å². The molecule has 15 heteroatoms. The average Bonchev–Trinajstić information content (AvgIpc) is 3.29. The molecule has 0 bridgehead atoms. The Bertz CT molecular complexity index is 1180. The van der Waals surface area contributed by atoms with Gasteiger partial charge in [0, 0.05) is 29.4 Å². The van der Waals surface area contributed by atoms with Gasteiger partial charge in [0.05, 0.1) is 12.1 Å². The Morgan fingerprint density at radius 3 is 2.33 bits per heavy atom. The Kier molecular flexibility index (Phi) is 12.0. The summed E-state index contributed by atoms with van der Waals surface area (Å²) >= 11 is 3.92. The van der Waals surface area contributed by atoms with Gasteiger partial charge in [0.15, 0.2) is 5.96 Å². The quantitative estimate of drug-likeness (QED) is 0.0493. The van der Waals surface area contributed by atoms with Gasteiger partial charge >= 0.3 is 5.97 Å². The lowest BCUT2D eigenvalue weighted by molar-refractivity contribution is -0.141. The number of aliphatic carboxylic acids is 1. The number of aliphatic imine (C=N–C) groups is 1. The summed E-state index contributed by atoms with van der Waals surface area (Å²) in [6, 6.07) is 2.51. The van der Waals surface area contributed by atoms with Crippen LogP contribution < -0.4 is 33.2 Å². The second-order valence-corrected chi connectivity index (χ2v) is 9.35. The number of nitrogens with zero attached hydrogens (tertiary/aromatic N) is 1. The largest absolute Gasteiger partial charge is 0.480 e. The number of rotatable bonds is 15. The molecule has 3 amide bonds. The average molecular weight is 565 g/mol. The lowest BCUT2D eigenvalue weighted by Gasteiger charge is -2.26. The number of hydrogen-bond donors (Lipinski definition) is 10. The second-order valence-electron chi connectivity index (χ2n) is 8.99. The molecule has 1 heterocycles. The van der Waals surface area contributed by atoms with Crippen molar-refractivity contribution in [2.45, 2.75) is 56.5 Å². The van der Waals surface area contributed by atoms with E-state index < -0.39 is 54.0 Å². The number of H-pyrrole nitrogens is 1. The Morgan fingerprint density at radius 1 is 1.05 bits per heavy atom. The first-order valence-electron chi connectivity index (χ1n) is 12.2. The van der Waals surface area contributed by atoms with E-state index in [-0.39, 0.29) is 37.5 Å². The van der Waals surface area contributed by atoms with Gasteiger partial charge < -0.3 is 48.3 Å². The Morgan fingerprint density at radius 2 is 1.72 bits per heavy atom. The maximum atomic E-state index is 13.1. The lowest BCUT2D eigenvalue weighted by atomic mass is 10.0. The molecule has 214 valence electrons. The van der Waals surface area contributed by atoms with Crippen molar-refractivity contribution in [2.75, 3.05) is 12.3 Å². The zero-order valence-corrected chi connectivity index (χ0v) is 22.4. The smallest absolute Gasteiger partial charge is 0.327 e. The van der Waals surface area contributed by atoms with Crippen LogP contribution in [-0.2, 0) is 25.6 Å². The topological polar surface area (TPSA) is 251 Å². The third-order valence-electron chi connectivity index (χ3n) is 5.89. The number of aliphatic hydroxyl groups is 1. The number of guanidine groups is 1. The molecule has 0 fully saturated rings. The Balaban J connectivity index is 2.11. The number of amides is 3. The van der Waals surface area contributed by atoms with E-state index in [1.165, 1.54) is 6.92 Å². The van der Waals surface area contributed by atoms with Crippen LogP contribution in [0.15, 0.2) is 35.5 Å². The van der Waals surface area contributed by atoms with Crippen LogP contribution in [0.3, 0.4) is 0 Å². The van der Waals surface area contributed by atoms with Crippen molar-refractivity contribution < 1.29 is 29.4 Å². The zero-order chi connectivity index (χ0) is 29.1. The number of para-hydroxylation sites is 1. The predicted molar refractivity (Wildman–Crippen MR) is 149 cm³/mol. The lowest BCUT2D eigenvalue weighted by Crippen LogP contribution is -2.60.